The largest absolute Gasteiger partial charge is 0.506 e. The first-order valence-corrected chi connectivity index (χ1v) is 6.63. The normalized spacial score (nSPS) is 15.6. The predicted molar refractivity (Wildman–Crippen MR) is 76.4 cm³/mol. The van der Waals surface area contributed by atoms with E-state index in [1.807, 2.05) is 30.3 Å². The quantitative estimate of drug-likeness (QED) is 0.645. The van der Waals surface area contributed by atoms with Crippen LogP contribution in [0, 0.1) is 0 Å². The lowest BCUT2D eigenvalue weighted by Crippen LogP contribution is -1.97. The van der Waals surface area contributed by atoms with Crippen LogP contribution in [0.1, 0.15) is 10.4 Å². The van der Waals surface area contributed by atoms with E-state index in [0.29, 0.717) is 10.6 Å². The highest BCUT2D eigenvalue weighted by molar-refractivity contribution is 8.04. The summed E-state index contributed by atoms with van der Waals surface area (Å²) in [6.45, 7) is 0. The first-order chi connectivity index (χ1) is 9.25. The number of carbonyl (C=O) groups excluding carboxylic acids is 1. The molecule has 0 spiro atoms. The third-order valence-corrected chi connectivity index (χ3v) is 3.94. The number of Topliss-reactive ketones (excluding diaryl/α,β-unsaturated/α-hetero) is 1. The molecule has 2 N–H and O–H groups in total. The highest BCUT2D eigenvalue weighted by Crippen LogP contribution is 2.39. The zero-order valence-corrected chi connectivity index (χ0v) is 10.8. The Morgan fingerprint density at radius 1 is 1.05 bits per heavy atom. The van der Waals surface area contributed by atoms with Crippen LogP contribution in [0.25, 0.3) is 0 Å². The van der Waals surface area contributed by atoms with Gasteiger partial charge in [0, 0.05) is 16.7 Å². The maximum absolute atomic E-state index is 12.1. The van der Waals surface area contributed by atoms with Crippen LogP contribution in [0.15, 0.2) is 64.5 Å². The van der Waals surface area contributed by atoms with Crippen molar-refractivity contribution in [2.45, 2.75) is 4.90 Å². The van der Waals surface area contributed by atoms with Crippen LogP contribution in [0.5, 0.6) is 5.75 Å². The van der Waals surface area contributed by atoms with Crippen molar-refractivity contribution in [1.82, 2.24) is 0 Å². The van der Waals surface area contributed by atoms with Gasteiger partial charge in [-0.15, -0.1) is 0 Å². The van der Waals surface area contributed by atoms with Crippen LogP contribution in [0.4, 0.5) is 5.69 Å². The Morgan fingerprint density at radius 2 is 1.79 bits per heavy atom. The number of phenols is 1. The van der Waals surface area contributed by atoms with E-state index in [4.69, 9.17) is 0 Å². The first-order valence-electron chi connectivity index (χ1n) is 5.82. The van der Waals surface area contributed by atoms with Gasteiger partial charge in [0.1, 0.15) is 5.75 Å². The second-order valence-corrected chi connectivity index (χ2v) is 5.18. The van der Waals surface area contributed by atoms with Gasteiger partial charge in [0.05, 0.1) is 10.6 Å². The Balaban J connectivity index is 1.84. The van der Waals surface area contributed by atoms with Crippen LogP contribution in [-0.4, -0.2) is 10.9 Å². The Bertz CT molecular complexity index is 679. The van der Waals surface area contributed by atoms with E-state index in [1.54, 1.807) is 24.4 Å². The third-order valence-electron chi connectivity index (χ3n) is 2.84. The molecule has 0 radical (unpaired) electrons. The van der Waals surface area contributed by atoms with Crippen molar-refractivity contribution in [1.29, 1.82) is 0 Å². The number of benzene rings is 2. The number of ketones is 1. The number of hydrogen-bond acceptors (Lipinski definition) is 4. The van der Waals surface area contributed by atoms with Crippen LogP contribution < -0.4 is 5.32 Å². The summed E-state index contributed by atoms with van der Waals surface area (Å²) in [4.78, 5) is 13.7. The topological polar surface area (TPSA) is 49.3 Å². The molecule has 0 fully saturated rings. The number of allylic oxidation sites excluding steroid dienone is 1. The van der Waals surface area contributed by atoms with Crippen molar-refractivity contribution >= 4 is 23.2 Å². The van der Waals surface area contributed by atoms with Gasteiger partial charge in [-0.1, -0.05) is 36.0 Å². The summed E-state index contributed by atoms with van der Waals surface area (Å²) in [5.41, 5.74) is 1.32. The Morgan fingerprint density at radius 3 is 2.58 bits per heavy atom. The Labute approximate surface area is 115 Å². The van der Waals surface area contributed by atoms with Crippen LogP contribution in [-0.2, 0) is 0 Å². The van der Waals surface area contributed by atoms with E-state index in [1.165, 1.54) is 11.8 Å². The number of thioether (sulfide) groups is 1. The van der Waals surface area contributed by atoms with Gasteiger partial charge in [-0.25, -0.2) is 0 Å². The molecule has 3 rings (SSSR count). The molecule has 0 saturated carbocycles. The Hall–Kier alpha value is -2.20. The molecule has 1 heterocycles. The van der Waals surface area contributed by atoms with Gasteiger partial charge in [0.25, 0.3) is 0 Å². The highest BCUT2D eigenvalue weighted by atomic mass is 32.2. The summed E-state index contributed by atoms with van der Waals surface area (Å²) in [5, 5.41) is 12.6. The van der Waals surface area contributed by atoms with Crippen molar-refractivity contribution in [3.63, 3.8) is 0 Å². The molecule has 0 aliphatic carbocycles. The monoisotopic (exact) mass is 269 g/mol. The molecule has 2 aromatic carbocycles. The average molecular weight is 269 g/mol. The number of phenolic OH excluding ortho intramolecular Hbond substituents is 1. The molecule has 4 heteroatoms. The van der Waals surface area contributed by atoms with Crippen LogP contribution in [0.2, 0.25) is 0 Å². The number of rotatable bonds is 2. The summed E-state index contributed by atoms with van der Waals surface area (Å²) in [6.07, 6.45) is 1.64. The van der Waals surface area contributed by atoms with Crippen molar-refractivity contribution in [3.05, 3.63) is 65.2 Å². The maximum Gasteiger partial charge on any atom is 0.202 e. The Kier molecular flexibility index (Phi) is 3.01. The zero-order valence-electron chi connectivity index (χ0n) is 9.96. The van der Waals surface area contributed by atoms with Crippen molar-refractivity contribution in [2.75, 3.05) is 5.32 Å². The molecule has 94 valence electrons. The van der Waals surface area contributed by atoms with E-state index in [9.17, 15) is 9.90 Å². The molecule has 0 saturated heterocycles. The zero-order chi connectivity index (χ0) is 13.2. The molecule has 1 aliphatic heterocycles. The lowest BCUT2D eigenvalue weighted by Gasteiger charge is -2.03. The van der Waals surface area contributed by atoms with E-state index in [-0.39, 0.29) is 11.5 Å². The molecule has 0 aromatic heterocycles. The van der Waals surface area contributed by atoms with Crippen LogP contribution in [0.3, 0.4) is 0 Å². The van der Waals surface area contributed by atoms with Crippen molar-refractivity contribution < 1.29 is 9.90 Å². The number of aromatic hydroxyl groups is 1. The standard InChI is InChI=1S/C15H11NO2S/c17-12-7-3-2-6-11(12)16-9-14-15(18)10-5-1-4-8-13(10)19-14/h1-9,16-17H. The van der Waals surface area contributed by atoms with Crippen LogP contribution >= 0.6 is 11.8 Å². The minimum atomic E-state index is 0.0171. The number of fused-ring (bicyclic) bond motifs is 1. The van der Waals surface area contributed by atoms with Crippen molar-refractivity contribution in [3.8, 4) is 5.75 Å². The summed E-state index contributed by atoms with van der Waals surface area (Å²) in [5.74, 6) is 0.177. The van der Waals surface area contributed by atoms with Gasteiger partial charge in [-0.3, -0.25) is 4.79 Å². The number of para-hydroxylation sites is 2. The molecular formula is C15H11NO2S. The molecule has 0 unspecified atom stereocenters. The molecule has 0 amide bonds. The number of carbonyl (C=O) groups is 1. The fourth-order valence-corrected chi connectivity index (χ4v) is 2.85. The fraction of sp³-hybridized carbons (Fsp3) is 0. The van der Waals surface area contributed by atoms with E-state index >= 15 is 0 Å². The molecule has 3 nitrogen and oxygen atoms in total. The van der Waals surface area contributed by atoms with Gasteiger partial charge in [0.2, 0.25) is 5.78 Å². The van der Waals surface area contributed by atoms with Gasteiger partial charge in [-0.05, 0) is 24.3 Å². The van der Waals surface area contributed by atoms with Gasteiger partial charge >= 0.3 is 0 Å². The SMILES string of the molecule is O=C1C(=CNc2ccccc2O)Sc2ccccc21. The molecule has 19 heavy (non-hydrogen) atoms. The van der Waals surface area contributed by atoms with Gasteiger partial charge in [0.15, 0.2) is 0 Å². The number of hydrogen-bond donors (Lipinski definition) is 2. The maximum atomic E-state index is 12.1. The molecular weight excluding hydrogens is 258 g/mol. The first kappa shape index (κ1) is 11.9. The number of anilines is 1. The van der Waals surface area contributed by atoms with Gasteiger partial charge in [-0.2, -0.15) is 0 Å². The summed E-state index contributed by atoms with van der Waals surface area (Å²) in [6, 6.07) is 14.4. The van der Waals surface area contributed by atoms with Crippen molar-refractivity contribution in [2.24, 2.45) is 0 Å². The molecule has 1 aliphatic rings. The summed E-state index contributed by atoms with van der Waals surface area (Å²) < 4.78 is 0. The fourth-order valence-electron chi connectivity index (χ4n) is 1.87. The third kappa shape index (κ3) is 2.22. The average Bonchev–Trinajstić information content (AvgIpc) is 2.75. The lowest BCUT2D eigenvalue weighted by molar-refractivity contribution is 0.104. The minimum absolute atomic E-state index is 0.0171. The number of nitrogens with one attached hydrogen (secondary N) is 1. The van der Waals surface area contributed by atoms with E-state index in [0.717, 1.165) is 10.5 Å². The molecule has 2 aromatic rings. The molecule has 0 bridgehead atoms. The second-order valence-electron chi connectivity index (χ2n) is 4.10. The minimum Gasteiger partial charge on any atom is -0.506 e. The summed E-state index contributed by atoms with van der Waals surface area (Å²) in [7, 11) is 0. The highest BCUT2D eigenvalue weighted by Gasteiger charge is 2.25. The van der Waals surface area contributed by atoms with Gasteiger partial charge < -0.3 is 10.4 Å². The second kappa shape index (κ2) is 4.82. The summed E-state index contributed by atoms with van der Waals surface area (Å²) >= 11 is 1.44. The smallest absolute Gasteiger partial charge is 0.202 e. The predicted octanol–water partition coefficient (Wildman–Crippen LogP) is 3.63. The lowest BCUT2D eigenvalue weighted by atomic mass is 10.1. The molecule has 0 atom stereocenters. The van der Waals surface area contributed by atoms with E-state index < -0.39 is 0 Å². The van der Waals surface area contributed by atoms with E-state index in [2.05, 4.69) is 5.32 Å².